The molecule has 0 amide bonds. The molecular weight excluding hydrogens is 298 g/mol. The van der Waals surface area contributed by atoms with Gasteiger partial charge in [0.2, 0.25) is 0 Å². The molecule has 1 aliphatic heterocycles. The zero-order valence-electron chi connectivity index (χ0n) is 13.2. The van der Waals surface area contributed by atoms with E-state index >= 15 is 0 Å². The normalized spacial score (nSPS) is 18.0. The molecule has 0 bridgehead atoms. The van der Waals surface area contributed by atoms with Gasteiger partial charge in [0.05, 0.1) is 31.5 Å². The van der Waals surface area contributed by atoms with Crippen molar-refractivity contribution in [3.63, 3.8) is 0 Å². The molecule has 2 aromatic heterocycles. The third-order valence-corrected chi connectivity index (χ3v) is 4.92. The van der Waals surface area contributed by atoms with Crippen LogP contribution in [0.4, 0.5) is 0 Å². The topological polar surface area (TPSA) is 41.7 Å². The van der Waals surface area contributed by atoms with Gasteiger partial charge in [0, 0.05) is 30.6 Å². The molecule has 1 aliphatic rings. The van der Waals surface area contributed by atoms with Gasteiger partial charge >= 0.3 is 0 Å². The van der Waals surface area contributed by atoms with Crippen LogP contribution in [0.3, 0.4) is 0 Å². The lowest BCUT2D eigenvalue weighted by Crippen LogP contribution is -2.42. The highest BCUT2D eigenvalue weighted by molar-refractivity contribution is 7.10. The fourth-order valence-corrected chi connectivity index (χ4v) is 3.72. The highest BCUT2D eigenvalue weighted by atomic mass is 32.1. The summed E-state index contributed by atoms with van der Waals surface area (Å²) >= 11 is 1.83. The number of aromatic nitrogens is 1. The van der Waals surface area contributed by atoms with Crippen molar-refractivity contribution in [1.82, 2.24) is 15.0 Å². The van der Waals surface area contributed by atoms with Crippen LogP contribution >= 0.6 is 11.3 Å². The van der Waals surface area contributed by atoms with Crippen molar-refractivity contribution in [2.24, 2.45) is 0 Å². The molecule has 3 heterocycles. The van der Waals surface area contributed by atoms with Gasteiger partial charge in [0.25, 0.3) is 0 Å². The van der Waals surface area contributed by atoms with Crippen LogP contribution in [0.5, 0.6) is 0 Å². The van der Waals surface area contributed by atoms with Gasteiger partial charge in [-0.05, 0) is 25.4 Å². The van der Waals surface area contributed by atoms with Gasteiger partial charge in [0.15, 0.2) is 5.76 Å². The Morgan fingerprint density at radius 2 is 2.23 bits per heavy atom. The van der Waals surface area contributed by atoms with Crippen molar-refractivity contribution in [3.8, 4) is 0 Å². The predicted molar refractivity (Wildman–Crippen MR) is 87.0 cm³/mol. The fraction of sp³-hybridized carbons (Fsp3) is 0.562. The van der Waals surface area contributed by atoms with Crippen molar-refractivity contribution < 1.29 is 9.26 Å². The summed E-state index contributed by atoms with van der Waals surface area (Å²) in [7, 11) is 2.14. The SMILES string of the molecule is Cc1cc(CN(C)C[C@@H](c2cccs2)N2CCOCC2)on1. The van der Waals surface area contributed by atoms with Crippen molar-refractivity contribution in [2.45, 2.75) is 19.5 Å². The first-order chi connectivity index (χ1) is 10.7. The second kappa shape index (κ2) is 7.37. The molecule has 22 heavy (non-hydrogen) atoms. The third kappa shape index (κ3) is 3.95. The Morgan fingerprint density at radius 1 is 1.41 bits per heavy atom. The average molecular weight is 321 g/mol. The maximum atomic E-state index is 5.50. The van der Waals surface area contributed by atoms with E-state index in [4.69, 9.17) is 9.26 Å². The minimum absolute atomic E-state index is 0.415. The Kier molecular flexibility index (Phi) is 5.25. The van der Waals surface area contributed by atoms with E-state index in [1.54, 1.807) is 0 Å². The van der Waals surface area contributed by atoms with E-state index in [2.05, 4.69) is 39.5 Å². The molecule has 0 saturated carbocycles. The van der Waals surface area contributed by atoms with Crippen LogP contribution in [0.25, 0.3) is 0 Å². The Hall–Kier alpha value is -1.21. The minimum atomic E-state index is 0.415. The molecule has 0 N–H and O–H groups in total. The molecule has 0 aromatic carbocycles. The molecule has 2 aromatic rings. The van der Waals surface area contributed by atoms with Crippen LogP contribution < -0.4 is 0 Å². The van der Waals surface area contributed by atoms with Gasteiger partial charge in [-0.3, -0.25) is 9.80 Å². The Labute approximate surface area is 135 Å². The maximum Gasteiger partial charge on any atom is 0.150 e. The van der Waals surface area contributed by atoms with Gasteiger partial charge in [-0.2, -0.15) is 0 Å². The highest BCUT2D eigenvalue weighted by Crippen LogP contribution is 2.27. The molecule has 1 atom stereocenters. The van der Waals surface area contributed by atoms with Crippen LogP contribution in [-0.2, 0) is 11.3 Å². The van der Waals surface area contributed by atoms with Gasteiger partial charge in [-0.1, -0.05) is 11.2 Å². The molecule has 0 aliphatic carbocycles. The maximum absolute atomic E-state index is 5.50. The Balaban J connectivity index is 1.66. The molecule has 3 rings (SSSR count). The van der Waals surface area contributed by atoms with Gasteiger partial charge in [0.1, 0.15) is 0 Å². The van der Waals surface area contributed by atoms with Gasteiger partial charge < -0.3 is 9.26 Å². The lowest BCUT2D eigenvalue weighted by Gasteiger charge is -2.36. The molecule has 5 nitrogen and oxygen atoms in total. The number of ether oxygens (including phenoxy) is 1. The number of likely N-dealkylation sites (N-methyl/N-ethyl adjacent to an activating group) is 1. The Morgan fingerprint density at radius 3 is 2.86 bits per heavy atom. The van der Waals surface area contributed by atoms with Crippen LogP contribution in [0.15, 0.2) is 28.1 Å². The van der Waals surface area contributed by atoms with Crippen molar-refractivity contribution >= 4 is 11.3 Å². The summed E-state index contributed by atoms with van der Waals surface area (Å²) in [5.41, 5.74) is 0.936. The smallest absolute Gasteiger partial charge is 0.150 e. The summed E-state index contributed by atoms with van der Waals surface area (Å²) in [4.78, 5) is 6.25. The number of morpholine rings is 1. The summed E-state index contributed by atoms with van der Waals surface area (Å²) in [5, 5.41) is 6.12. The second-order valence-electron chi connectivity index (χ2n) is 5.81. The largest absolute Gasteiger partial charge is 0.379 e. The molecule has 1 saturated heterocycles. The number of hydrogen-bond acceptors (Lipinski definition) is 6. The second-order valence-corrected chi connectivity index (χ2v) is 6.79. The standard InChI is InChI=1S/C16H23N3O2S/c1-13-10-14(21-17-13)11-18(2)12-15(16-4-3-9-22-16)19-5-7-20-8-6-19/h3-4,9-10,15H,5-8,11-12H2,1-2H3/t15-/m0/s1. The fourth-order valence-electron chi connectivity index (χ4n) is 2.87. The van der Waals surface area contributed by atoms with Crippen LogP contribution in [-0.4, -0.2) is 54.9 Å². The van der Waals surface area contributed by atoms with E-state index in [0.29, 0.717) is 6.04 Å². The molecule has 6 heteroatoms. The van der Waals surface area contributed by atoms with E-state index < -0.39 is 0 Å². The number of nitrogens with zero attached hydrogens (tertiary/aromatic N) is 3. The van der Waals surface area contributed by atoms with Crippen LogP contribution in [0, 0.1) is 6.92 Å². The number of rotatable bonds is 6. The van der Waals surface area contributed by atoms with Crippen molar-refractivity contribution in [3.05, 3.63) is 39.9 Å². The number of hydrogen-bond donors (Lipinski definition) is 0. The molecule has 0 spiro atoms. The molecule has 1 fully saturated rings. The lowest BCUT2D eigenvalue weighted by atomic mass is 10.1. The van der Waals surface area contributed by atoms with Crippen LogP contribution in [0.1, 0.15) is 22.4 Å². The molecule has 120 valence electrons. The van der Waals surface area contributed by atoms with Gasteiger partial charge in [-0.15, -0.1) is 11.3 Å². The first kappa shape index (κ1) is 15.7. The van der Waals surface area contributed by atoms with E-state index in [9.17, 15) is 0 Å². The van der Waals surface area contributed by atoms with E-state index in [0.717, 1.165) is 50.8 Å². The summed E-state index contributed by atoms with van der Waals surface area (Å²) in [6.07, 6.45) is 0. The number of thiophene rings is 1. The first-order valence-electron chi connectivity index (χ1n) is 7.68. The number of aryl methyl sites for hydroxylation is 1. The van der Waals surface area contributed by atoms with E-state index in [1.165, 1.54) is 4.88 Å². The highest BCUT2D eigenvalue weighted by Gasteiger charge is 2.25. The van der Waals surface area contributed by atoms with E-state index in [-0.39, 0.29) is 0 Å². The summed E-state index contributed by atoms with van der Waals surface area (Å²) < 4.78 is 10.8. The lowest BCUT2D eigenvalue weighted by molar-refractivity contribution is 0.00918. The first-order valence-corrected chi connectivity index (χ1v) is 8.56. The minimum Gasteiger partial charge on any atom is -0.379 e. The summed E-state index contributed by atoms with van der Waals surface area (Å²) in [5.74, 6) is 0.923. The van der Waals surface area contributed by atoms with Gasteiger partial charge in [-0.25, -0.2) is 0 Å². The monoisotopic (exact) mass is 321 g/mol. The Bertz CT molecular complexity index is 564. The molecular formula is C16H23N3O2S. The zero-order chi connectivity index (χ0) is 15.4. The molecule has 0 radical (unpaired) electrons. The molecule has 0 unspecified atom stereocenters. The third-order valence-electron chi connectivity index (χ3n) is 3.95. The predicted octanol–water partition coefficient (Wildman–Crippen LogP) is 2.55. The van der Waals surface area contributed by atoms with E-state index in [1.807, 2.05) is 24.3 Å². The summed E-state index contributed by atoms with van der Waals surface area (Å²) in [6, 6.07) is 6.79. The van der Waals surface area contributed by atoms with Crippen molar-refractivity contribution in [2.75, 3.05) is 39.9 Å². The van der Waals surface area contributed by atoms with Crippen molar-refractivity contribution in [1.29, 1.82) is 0 Å². The quantitative estimate of drug-likeness (QED) is 0.818. The zero-order valence-corrected chi connectivity index (χ0v) is 14.0. The van der Waals surface area contributed by atoms with Crippen LogP contribution in [0.2, 0.25) is 0 Å². The average Bonchev–Trinajstić information content (AvgIpc) is 3.18. The summed E-state index contributed by atoms with van der Waals surface area (Å²) in [6.45, 7) is 7.36.